The first-order chi connectivity index (χ1) is 14.2. The number of urea groups is 1. The molecule has 1 N–H and O–H groups in total. The second kappa shape index (κ2) is 7.35. The number of rotatable bonds is 4. The Morgan fingerprint density at radius 1 is 1.07 bits per heavy atom. The molecule has 0 bridgehead atoms. The Morgan fingerprint density at radius 3 is 2.66 bits per heavy atom. The normalized spacial score (nSPS) is 17.5. The number of anilines is 1. The van der Waals surface area contributed by atoms with Crippen LogP contribution in [0.1, 0.15) is 49.0 Å². The first-order valence-electron chi connectivity index (χ1n) is 10.1. The molecule has 8 heteroatoms. The number of carbonyl (C=O) groups is 1. The molecular weight excluding hydrogens is 368 g/mol. The van der Waals surface area contributed by atoms with Crippen LogP contribution in [0.5, 0.6) is 5.75 Å². The molecule has 0 spiro atoms. The van der Waals surface area contributed by atoms with Crippen molar-refractivity contribution in [2.45, 2.75) is 37.5 Å². The van der Waals surface area contributed by atoms with Crippen LogP contribution < -0.4 is 10.1 Å². The number of nitrogens with zero attached hydrogens (tertiary/aromatic N) is 5. The highest BCUT2D eigenvalue weighted by atomic mass is 16.5. The number of piperidine rings is 1. The molecule has 2 aliphatic rings. The van der Waals surface area contributed by atoms with E-state index < -0.39 is 0 Å². The van der Waals surface area contributed by atoms with Crippen LogP contribution in [-0.4, -0.2) is 50.9 Å². The molecule has 8 nitrogen and oxygen atoms in total. The molecule has 0 radical (unpaired) electrons. The van der Waals surface area contributed by atoms with Crippen LogP contribution in [0.25, 0.3) is 5.65 Å². The third kappa shape index (κ3) is 3.62. The van der Waals surface area contributed by atoms with Crippen molar-refractivity contribution in [1.29, 1.82) is 0 Å². The van der Waals surface area contributed by atoms with Crippen LogP contribution in [0.4, 0.5) is 10.5 Å². The lowest BCUT2D eigenvalue weighted by Crippen LogP contribution is -2.40. The Kier molecular flexibility index (Phi) is 4.54. The second-order valence-corrected chi connectivity index (χ2v) is 7.78. The summed E-state index contributed by atoms with van der Waals surface area (Å²) in [5.74, 6) is 2.48. The quantitative estimate of drug-likeness (QED) is 0.735. The summed E-state index contributed by atoms with van der Waals surface area (Å²) < 4.78 is 7.12. The summed E-state index contributed by atoms with van der Waals surface area (Å²) in [6, 6.07) is 11.4. The van der Waals surface area contributed by atoms with Crippen molar-refractivity contribution in [3.05, 3.63) is 47.9 Å². The number of nitrogens with one attached hydrogen (secondary N) is 1. The van der Waals surface area contributed by atoms with Gasteiger partial charge in [-0.2, -0.15) is 9.61 Å². The molecule has 1 aliphatic carbocycles. The van der Waals surface area contributed by atoms with Crippen LogP contribution in [-0.2, 0) is 0 Å². The fourth-order valence-electron chi connectivity index (χ4n) is 3.92. The summed E-state index contributed by atoms with van der Waals surface area (Å²) >= 11 is 0. The summed E-state index contributed by atoms with van der Waals surface area (Å²) in [5, 5.41) is 16.4. The highest BCUT2D eigenvalue weighted by Gasteiger charge is 2.29. The summed E-state index contributed by atoms with van der Waals surface area (Å²) in [4.78, 5) is 14.5. The van der Waals surface area contributed by atoms with Gasteiger partial charge in [-0.15, -0.1) is 10.2 Å². The van der Waals surface area contributed by atoms with Gasteiger partial charge in [-0.3, -0.25) is 0 Å². The lowest BCUT2D eigenvalue weighted by Gasteiger charge is -2.31. The maximum Gasteiger partial charge on any atom is 0.321 e. The predicted molar refractivity (Wildman–Crippen MR) is 108 cm³/mol. The average molecular weight is 392 g/mol. The number of hydrogen-bond donors (Lipinski definition) is 1. The maximum absolute atomic E-state index is 12.6. The second-order valence-electron chi connectivity index (χ2n) is 7.78. The molecule has 0 unspecified atom stereocenters. The van der Waals surface area contributed by atoms with Gasteiger partial charge in [0.2, 0.25) is 0 Å². The van der Waals surface area contributed by atoms with Crippen LogP contribution in [0.15, 0.2) is 36.4 Å². The van der Waals surface area contributed by atoms with Crippen molar-refractivity contribution in [2.24, 2.45) is 0 Å². The monoisotopic (exact) mass is 392 g/mol. The van der Waals surface area contributed by atoms with Gasteiger partial charge in [-0.25, -0.2) is 4.79 Å². The number of aromatic nitrogens is 4. The van der Waals surface area contributed by atoms with Gasteiger partial charge >= 0.3 is 6.03 Å². The molecule has 2 amide bonds. The standard InChI is InChI=1S/C21H24N6O2/c1-29-17-4-2-3-16(13-17)22-21(28)26-11-9-15(10-12-26)20-24-23-19-8-7-18(14-5-6-14)25-27(19)20/h2-4,7-8,13-15H,5-6,9-12H2,1H3,(H,22,28). The van der Waals surface area contributed by atoms with Crippen molar-refractivity contribution in [3.63, 3.8) is 0 Å². The van der Waals surface area contributed by atoms with Gasteiger partial charge in [0.25, 0.3) is 0 Å². The van der Waals surface area contributed by atoms with E-state index in [4.69, 9.17) is 9.84 Å². The first-order valence-corrected chi connectivity index (χ1v) is 10.1. The molecule has 150 valence electrons. The van der Waals surface area contributed by atoms with Crippen LogP contribution in [0.3, 0.4) is 0 Å². The van der Waals surface area contributed by atoms with Crippen molar-refractivity contribution < 1.29 is 9.53 Å². The predicted octanol–water partition coefficient (Wildman–Crippen LogP) is 3.42. The minimum absolute atomic E-state index is 0.0862. The minimum Gasteiger partial charge on any atom is -0.497 e. The number of fused-ring (bicyclic) bond motifs is 1. The molecule has 1 saturated heterocycles. The fourth-order valence-corrected chi connectivity index (χ4v) is 3.92. The lowest BCUT2D eigenvalue weighted by atomic mass is 9.96. The summed E-state index contributed by atoms with van der Waals surface area (Å²) in [5.41, 5.74) is 2.66. The molecule has 2 fully saturated rings. The molecule has 1 aliphatic heterocycles. The summed E-state index contributed by atoms with van der Waals surface area (Å²) in [6.07, 6.45) is 4.14. The summed E-state index contributed by atoms with van der Waals surface area (Å²) in [6.45, 7) is 1.36. The van der Waals surface area contributed by atoms with Gasteiger partial charge in [-0.05, 0) is 49.9 Å². The topological polar surface area (TPSA) is 84.6 Å². The van der Waals surface area contributed by atoms with E-state index in [0.29, 0.717) is 19.0 Å². The minimum atomic E-state index is -0.0862. The molecular formula is C21H24N6O2. The molecule has 5 rings (SSSR count). The van der Waals surface area contributed by atoms with Crippen LogP contribution >= 0.6 is 0 Å². The molecule has 1 aromatic carbocycles. The van der Waals surface area contributed by atoms with E-state index >= 15 is 0 Å². The van der Waals surface area contributed by atoms with E-state index in [9.17, 15) is 4.79 Å². The number of methoxy groups -OCH3 is 1. The third-order valence-electron chi connectivity index (χ3n) is 5.77. The van der Waals surface area contributed by atoms with Gasteiger partial charge in [-0.1, -0.05) is 6.07 Å². The van der Waals surface area contributed by atoms with E-state index in [1.165, 1.54) is 12.8 Å². The maximum atomic E-state index is 12.6. The van der Waals surface area contributed by atoms with Crippen molar-refractivity contribution in [3.8, 4) is 5.75 Å². The Balaban J connectivity index is 1.25. The Labute approximate surface area is 168 Å². The van der Waals surface area contributed by atoms with Crippen molar-refractivity contribution in [1.82, 2.24) is 24.7 Å². The number of benzene rings is 1. The molecule has 1 saturated carbocycles. The highest BCUT2D eigenvalue weighted by molar-refractivity contribution is 5.89. The fraction of sp³-hybridized carbons (Fsp3) is 0.429. The zero-order valence-corrected chi connectivity index (χ0v) is 16.4. The van der Waals surface area contributed by atoms with E-state index in [1.807, 2.05) is 39.7 Å². The molecule has 29 heavy (non-hydrogen) atoms. The largest absolute Gasteiger partial charge is 0.497 e. The number of hydrogen-bond acceptors (Lipinski definition) is 5. The van der Waals surface area contributed by atoms with E-state index in [-0.39, 0.29) is 11.9 Å². The smallest absolute Gasteiger partial charge is 0.321 e. The Morgan fingerprint density at radius 2 is 1.90 bits per heavy atom. The zero-order valence-electron chi connectivity index (χ0n) is 16.4. The lowest BCUT2D eigenvalue weighted by molar-refractivity contribution is 0.193. The summed E-state index contributed by atoms with van der Waals surface area (Å²) in [7, 11) is 1.61. The van der Waals surface area contributed by atoms with E-state index in [1.54, 1.807) is 7.11 Å². The average Bonchev–Trinajstić information content (AvgIpc) is 3.53. The zero-order chi connectivity index (χ0) is 19.8. The Bertz CT molecular complexity index is 1040. The Hall–Kier alpha value is -3.16. The van der Waals surface area contributed by atoms with Gasteiger partial charge in [0, 0.05) is 36.7 Å². The molecule has 3 aromatic rings. The molecule has 3 heterocycles. The number of carbonyl (C=O) groups excluding carboxylic acids is 1. The number of ether oxygens (including phenoxy) is 1. The van der Waals surface area contributed by atoms with E-state index in [0.717, 1.165) is 41.4 Å². The number of likely N-dealkylation sites (tertiary alicyclic amines) is 1. The van der Waals surface area contributed by atoms with Gasteiger partial charge in [0.1, 0.15) is 5.75 Å². The van der Waals surface area contributed by atoms with Gasteiger partial charge in [0.05, 0.1) is 12.8 Å². The van der Waals surface area contributed by atoms with Crippen LogP contribution in [0, 0.1) is 0 Å². The van der Waals surface area contributed by atoms with Crippen molar-refractivity contribution in [2.75, 3.05) is 25.5 Å². The third-order valence-corrected chi connectivity index (χ3v) is 5.77. The van der Waals surface area contributed by atoms with E-state index in [2.05, 4.69) is 21.6 Å². The number of amides is 2. The van der Waals surface area contributed by atoms with Gasteiger partial charge in [0.15, 0.2) is 11.5 Å². The SMILES string of the molecule is COc1cccc(NC(=O)N2CCC(c3nnc4ccc(C5CC5)nn34)CC2)c1. The van der Waals surface area contributed by atoms with Crippen LogP contribution in [0.2, 0.25) is 0 Å². The molecule has 2 aromatic heterocycles. The van der Waals surface area contributed by atoms with Crippen molar-refractivity contribution >= 4 is 17.4 Å². The highest BCUT2D eigenvalue weighted by Crippen LogP contribution is 2.39. The van der Waals surface area contributed by atoms with Gasteiger partial charge < -0.3 is 15.0 Å². The molecule has 0 atom stereocenters. The first kappa shape index (κ1) is 17.9.